The molecule has 0 radical (unpaired) electrons. The standard InChI is InChI=1S/C10H13F2NO2S/c1-7(5-13)16(14,15)6-8-2-3-9(11)4-10(8)12/h2-4,7H,5-6,13H2,1H3. The normalized spacial score (nSPS) is 13.8. The molecular weight excluding hydrogens is 236 g/mol. The molecule has 0 saturated heterocycles. The van der Waals surface area contributed by atoms with Gasteiger partial charge in [0.05, 0.1) is 11.0 Å². The van der Waals surface area contributed by atoms with Gasteiger partial charge in [-0.2, -0.15) is 0 Å². The topological polar surface area (TPSA) is 60.2 Å². The van der Waals surface area contributed by atoms with Gasteiger partial charge in [-0.1, -0.05) is 6.07 Å². The van der Waals surface area contributed by atoms with E-state index in [1.165, 1.54) is 6.92 Å². The lowest BCUT2D eigenvalue weighted by atomic mass is 10.2. The smallest absolute Gasteiger partial charge is 0.158 e. The lowest BCUT2D eigenvalue weighted by Gasteiger charge is -2.10. The molecule has 1 atom stereocenters. The van der Waals surface area contributed by atoms with Gasteiger partial charge in [-0.15, -0.1) is 0 Å². The lowest BCUT2D eigenvalue weighted by molar-refractivity contribution is 0.565. The molecular formula is C10H13F2NO2S. The van der Waals surface area contributed by atoms with Crippen LogP contribution in [-0.2, 0) is 15.6 Å². The Morgan fingerprint density at radius 2 is 2.00 bits per heavy atom. The maximum absolute atomic E-state index is 13.2. The van der Waals surface area contributed by atoms with E-state index in [1.54, 1.807) is 0 Å². The first-order valence-electron chi connectivity index (χ1n) is 4.72. The number of halogens is 2. The molecule has 90 valence electrons. The largest absolute Gasteiger partial charge is 0.329 e. The Hall–Kier alpha value is -1.01. The molecule has 0 saturated carbocycles. The fraction of sp³-hybridized carbons (Fsp3) is 0.400. The van der Waals surface area contributed by atoms with E-state index in [0.717, 1.165) is 12.1 Å². The number of hydrogen-bond acceptors (Lipinski definition) is 3. The number of benzene rings is 1. The van der Waals surface area contributed by atoms with Gasteiger partial charge in [0.1, 0.15) is 11.6 Å². The average molecular weight is 249 g/mol. The van der Waals surface area contributed by atoms with Crippen molar-refractivity contribution in [2.75, 3.05) is 6.54 Å². The van der Waals surface area contributed by atoms with Gasteiger partial charge in [0.2, 0.25) is 0 Å². The number of nitrogens with two attached hydrogens (primary N) is 1. The van der Waals surface area contributed by atoms with Crippen LogP contribution in [0, 0.1) is 11.6 Å². The molecule has 1 aromatic rings. The van der Waals surface area contributed by atoms with Crippen molar-refractivity contribution in [3.63, 3.8) is 0 Å². The Morgan fingerprint density at radius 3 is 2.50 bits per heavy atom. The highest BCUT2D eigenvalue weighted by Gasteiger charge is 2.21. The van der Waals surface area contributed by atoms with Crippen molar-refractivity contribution < 1.29 is 17.2 Å². The van der Waals surface area contributed by atoms with Crippen LogP contribution in [0.2, 0.25) is 0 Å². The molecule has 2 N–H and O–H groups in total. The molecule has 0 aliphatic rings. The molecule has 0 bridgehead atoms. The van der Waals surface area contributed by atoms with E-state index in [4.69, 9.17) is 5.73 Å². The summed E-state index contributed by atoms with van der Waals surface area (Å²) in [6, 6.07) is 2.82. The van der Waals surface area contributed by atoms with Crippen molar-refractivity contribution in [1.82, 2.24) is 0 Å². The highest BCUT2D eigenvalue weighted by atomic mass is 32.2. The van der Waals surface area contributed by atoms with E-state index < -0.39 is 32.5 Å². The molecule has 0 aliphatic heterocycles. The van der Waals surface area contributed by atoms with E-state index in [0.29, 0.717) is 6.07 Å². The Labute approximate surface area is 93.2 Å². The first kappa shape index (κ1) is 13.1. The molecule has 0 aromatic heterocycles. The molecule has 16 heavy (non-hydrogen) atoms. The van der Waals surface area contributed by atoms with Crippen molar-refractivity contribution in [3.05, 3.63) is 35.4 Å². The third-order valence-electron chi connectivity index (χ3n) is 2.32. The first-order chi connectivity index (χ1) is 7.36. The Morgan fingerprint density at radius 1 is 1.38 bits per heavy atom. The molecule has 1 rings (SSSR count). The summed E-state index contributed by atoms with van der Waals surface area (Å²) in [4.78, 5) is 0. The van der Waals surface area contributed by atoms with Gasteiger partial charge < -0.3 is 5.73 Å². The van der Waals surface area contributed by atoms with Gasteiger partial charge in [0, 0.05) is 18.2 Å². The second kappa shape index (κ2) is 4.88. The zero-order valence-corrected chi connectivity index (χ0v) is 9.60. The minimum absolute atomic E-state index is 0.0227. The molecule has 6 heteroatoms. The highest BCUT2D eigenvalue weighted by Crippen LogP contribution is 2.15. The van der Waals surface area contributed by atoms with E-state index in [9.17, 15) is 17.2 Å². The minimum atomic E-state index is -3.49. The van der Waals surface area contributed by atoms with Crippen LogP contribution < -0.4 is 5.73 Å². The van der Waals surface area contributed by atoms with Crippen molar-refractivity contribution in [2.24, 2.45) is 5.73 Å². The second-order valence-electron chi connectivity index (χ2n) is 3.59. The maximum Gasteiger partial charge on any atom is 0.158 e. The molecule has 0 amide bonds. The van der Waals surface area contributed by atoms with E-state index in [1.807, 2.05) is 0 Å². The predicted octanol–water partition coefficient (Wildman–Crippen LogP) is 1.23. The number of hydrogen-bond donors (Lipinski definition) is 1. The van der Waals surface area contributed by atoms with Crippen LogP contribution in [0.3, 0.4) is 0 Å². The minimum Gasteiger partial charge on any atom is -0.329 e. The number of rotatable bonds is 4. The third kappa shape index (κ3) is 2.99. The van der Waals surface area contributed by atoms with Gasteiger partial charge in [0.25, 0.3) is 0 Å². The molecule has 1 unspecified atom stereocenters. The van der Waals surface area contributed by atoms with E-state index in [2.05, 4.69) is 0 Å². The van der Waals surface area contributed by atoms with Crippen LogP contribution in [0.1, 0.15) is 12.5 Å². The lowest BCUT2D eigenvalue weighted by Crippen LogP contribution is -2.28. The quantitative estimate of drug-likeness (QED) is 0.873. The molecule has 0 spiro atoms. The van der Waals surface area contributed by atoms with Gasteiger partial charge >= 0.3 is 0 Å². The SMILES string of the molecule is CC(CN)S(=O)(=O)Cc1ccc(F)cc1F. The van der Waals surface area contributed by atoms with Crippen molar-refractivity contribution in [2.45, 2.75) is 17.9 Å². The van der Waals surface area contributed by atoms with Crippen molar-refractivity contribution in [1.29, 1.82) is 0 Å². The Balaban J connectivity index is 2.97. The molecule has 0 heterocycles. The summed E-state index contributed by atoms with van der Waals surface area (Å²) in [5.74, 6) is -2.05. The van der Waals surface area contributed by atoms with Gasteiger partial charge in [0.15, 0.2) is 9.84 Å². The van der Waals surface area contributed by atoms with Crippen LogP contribution in [0.15, 0.2) is 18.2 Å². The second-order valence-corrected chi connectivity index (χ2v) is 6.01. The van der Waals surface area contributed by atoms with E-state index >= 15 is 0 Å². The Kier molecular flexibility index (Phi) is 3.98. The van der Waals surface area contributed by atoms with E-state index in [-0.39, 0.29) is 12.1 Å². The molecule has 3 nitrogen and oxygen atoms in total. The Bertz CT molecular complexity index is 474. The third-order valence-corrected chi connectivity index (χ3v) is 4.45. The predicted molar refractivity (Wildman–Crippen MR) is 57.5 cm³/mol. The maximum atomic E-state index is 13.2. The fourth-order valence-electron chi connectivity index (χ4n) is 1.14. The summed E-state index contributed by atoms with van der Waals surface area (Å²) in [6.07, 6.45) is 0. The van der Waals surface area contributed by atoms with Crippen LogP contribution in [0.4, 0.5) is 8.78 Å². The summed E-state index contributed by atoms with van der Waals surface area (Å²) in [5, 5.41) is -0.739. The zero-order chi connectivity index (χ0) is 12.3. The van der Waals surface area contributed by atoms with Crippen LogP contribution in [0.5, 0.6) is 0 Å². The monoisotopic (exact) mass is 249 g/mol. The van der Waals surface area contributed by atoms with Gasteiger partial charge in [-0.3, -0.25) is 0 Å². The summed E-state index contributed by atoms with van der Waals surface area (Å²) in [5.41, 5.74) is 5.20. The van der Waals surface area contributed by atoms with Crippen molar-refractivity contribution in [3.8, 4) is 0 Å². The zero-order valence-electron chi connectivity index (χ0n) is 8.78. The summed E-state index contributed by atoms with van der Waals surface area (Å²) in [6.45, 7) is 1.43. The van der Waals surface area contributed by atoms with Crippen molar-refractivity contribution >= 4 is 9.84 Å². The van der Waals surface area contributed by atoms with Gasteiger partial charge in [-0.25, -0.2) is 17.2 Å². The van der Waals surface area contributed by atoms with Gasteiger partial charge in [-0.05, 0) is 13.0 Å². The molecule has 1 aromatic carbocycles. The summed E-state index contributed by atoms with van der Waals surface area (Å²) < 4.78 is 49.1. The summed E-state index contributed by atoms with van der Waals surface area (Å²) >= 11 is 0. The van der Waals surface area contributed by atoms with Crippen LogP contribution in [-0.4, -0.2) is 20.2 Å². The fourth-order valence-corrected chi connectivity index (χ4v) is 2.39. The van der Waals surface area contributed by atoms with Crippen LogP contribution >= 0.6 is 0 Å². The molecule has 0 fully saturated rings. The highest BCUT2D eigenvalue weighted by molar-refractivity contribution is 7.91. The average Bonchev–Trinajstić information content (AvgIpc) is 2.21. The first-order valence-corrected chi connectivity index (χ1v) is 6.44. The van der Waals surface area contributed by atoms with Crippen LogP contribution in [0.25, 0.3) is 0 Å². The number of sulfone groups is 1. The summed E-state index contributed by atoms with van der Waals surface area (Å²) in [7, 11) is -3.49. The molecule has 0 aliphatic carbocycles.